The van der Waals surface area contributed by atoms with Gasteiger partial charge in [-0.2, -0.15) is 0 Å². The van der Waals surface area contributed by atoms with Gasteiger partial charge in [0.05, 0.1) is 11.3 Å². The minimum absolute atomic E-state index is 0.219. The molecule has 0 spiro atoms. The third-order valence-corrected chi connectivity index (χ3v) is 9.39. The third-order valence-electron chi connectivity index (χ3n) is 8.82. The lowest BCUT2D eigenvalue weighted by molar-refractivity contribution is 0.253. The highest BCUT2D eigenvalue weighted by atomic mass is 32.2. The average Bonchev–Trinajstić information content (AvgIpc) is 3.39. The fourth-order valence-corrected chi connectivity index (χ4v) is 6.79. The van der Waals surface area contributed by atoms with E-state index in [-0.39, 0.29) is 5.54 Å². The SMILES string of the molecule is CSNC1CCN(c2cccc(-c3ccc4nc(-c5cccnc5N)n(-c5ccc(C6(N)CCC6)cc5)c4n3)c2)CC1. The number of nitrogens with one attached hydrogen (secondary N) is 1. The van der Waals surface area contributed by atoms with Crippen LogP contribution in [0, 0.1) is 0 Å². The van der Waals surface area contributed by atoms with Crippen LogP contribution in [0.4, 0.5) is 11.5 Å². The Morgan fingerprint density at radius 2 is 1.74 bits per heavy atom. The van der Waals surface area contributed by atoms with Crippen molar-refractivity contribution in [2.24, 2.45) is 5.73 Å². The second kappa shape index (κ2) is 11.1. The molecule has 214 valence electrons. The van der Waals surface area contributed by atoms with Crippen LogP contribution in [-0.2, 0) is 5.54 Å². The normalized spacial score (nSPS) is 17.0. The van der Waals surface area contributed by atoms with E-state index in [0.717, 1.165) is 78.3 Å². The fraction of sp³-hybridized carbons (Fsp3) is 0.303. The molecular formula is C33H36N8S. The van der Waals surface area contributed by atoms with Crippen LogP contribution in [0.15, 0.2) is 79.0 Å². The maximum absolute atomic E-state index is 6.63. The van der Waals surface area contributed by atoms with E-state index in [0.29, 0.717) is 11.9 Å². The number of rotatable bonds is 7. The van der Waals surface area contributed by atoms with Gasteiger partial charge < -0.3 is 16.4 Å². The van der Waals surface area contributed by atoms with Crippen LogP contribution < -0.4 is 21.1 Å². The van der Waals surface area contributed by atoms with Crippen LogP contribution in [0.1, 0.15) is 37.7 Å². The van der Waals surface area contributed by atoms with E-state index in [4.69, 9.17) is 21.4 Å². The molecule has 2 fully saturated rings. The van der Waals surface area contributed by atoms with Crippen molar-refractivity contribution in [3.8, 4) is 28.3 Å². The fourth-order valence-electron chi connectivity index (χ4n) is 6.22. The average molecular weight is 577 g/mol. The molecule has 1 saturated carbocycles. The first-order valence-electron chi connectivity index (χ1n) is 14.7. The monoisotopic (exact) mass is 576 g/mol. The van der Waals surface area contributed by atoms with Crippen molar-refractivity contribution >= 4 is 34.6 Å². The number of nitrogen functional groups attached to an aromatic ring is 1. The lowest BCUT2D eigenvalue weighted by Crippen LogP contribution is -2.43. The molecule has 2 aromatic carbocycles. The number of piperidine rings is 1. The van der Waals surface area contributed by atoms with Crippen LogP contribution >= 0.6 is 11.9 Å². The summed E-state index contributed by atoms with van der Waals surface area (Å²) in [6.07, 6.45) is 9.29. The Morgan fingerprint density at radius 3 is 2.45 bits per heavy atom. The largest absolute Gasteiger partial charge is 0.383 e. The Kier molecular flexibility index (Phi) is 7.09. The summed E-state index contributed by atoms with van der Waals surface area (Å²) in [4.78, 5) is 17.0. The summed E-state index contributed by atoms with van der Waals surface area (Å²) < 4.78 is 5.61. The molecule has 8 nitrogen and oxygen atoms in total. The Labute approximate surface area is 250 Å². The lowest BCUT2D eigenvalue weighted by atomic mass is 9.73. The predicted molar refractivity (Wildman–Crippen MR) is 174 cm³/mol. The highest BCUT2D eigenvalue weighted by Gasteiger charge is 2.34. The first-order chi connectivity index (χ1) is 20.5. The highest BCUT2D eigenvalue weighted by Crippen LogP contribution is 2.39. The van der Waals surface area contributed by atoms with E-state index in [2.05, 4.69) is 80.0 Å². The zero-order valence-electron chi connectivity index (χ0n) is 23.8. The molecule has 0 amide bonds. The summed E-state index contributed by atoms with van der Waals surface area (Å²) in [6.45, 7) is 2.08. The van der Waals surface area contributed by atoms with E-state index in [9.17, 15) is 0 Å². The van der Waals surface area contributed by atoms with Crippen molar-refractivity contribution in [3.63, 3.8) is 0 Å². The number of benzene rings is 2. The lowest BCUT2D eigenvalue weighted by Gasteiger charge is -2.38. The maximum atomic E-state index is 6.63. The molecule has 0 bridgehead atoms. The van der Waals surface area contributed by atoms with Gasteiger partial charge in [-0.1, -0.05) is 36.2 Å². The number of hydrogen-bond donors (Lipinski definition) is 3. The molecule has 3 aromatic heterocycles. The van der Waals surface area contributed by atoms with Gasteiger partial charge in [0.1, 0.15) is 11.3 Å². The van der Waals surface area contributed by atoms with Crippen LogP contribution in [0.5, 0.6) is 0 Å². The first-order valence-corrected chi connectivity index (χ1v) is 15.9. The number of nitrogens with zero attached hydrogens (tertiary/aromatic N) is 5. The van der Waals surface area contributed by atoms with E-state index < -0.39 is 0 Å². The minimum atomic E-state index is -0.219. The van der Waals surface area contributed by atoms with Crippen LogP contribution in [-0.4, -0.2) is 44.9 Å². The van der Waals surface area contributed by atoms with Gasteiger partial charge in [0.2, 0.25) is 0 Å². The third kappa shape index (κ3) is 4.91. The number of imidazole rings is 1. The number of pyridine rings is 2. The molecule has 9 heteroatoms. The summed E-state index contributed by atoms with van der Waals surface area (Å²) >= 11 is 1.71. The Hall–Kier alpha value is -3.92. The molecule has 0 unspecified atom stereocenters. The van der Waals surface area contributed by atoms with Crippen molar-refractivity contribution in [1.29, 1.82) is 0 Å². The van der Waals surface area contributed by atoms with E-state index in [1.54, 1.807) is 18.1 Å². The molecule has 4 heterocycles. The van der Waals surface area contributed by atoms with Gasteiger partial charge in [-0.05, 0) is 92.5 Å². The van der Waals surface area contributed by atoms with E-state index in [1.165, 1.54) is 17.7 Å². The number of fused-ring (bicyclic) bond motifs is 1. The molecule has 7 rings (SSSR count). The van der Waals surface area contributed by atoms with Crippen LogP contribution in [0.2, 0.25) is 0 Å². The van der Waals surface area contributed by atoms with E-state index >= 15 is 0 Å². The second-order valence-corrected chi connectivity index (χ2v) is 12.1. The highest BCUT2D eigenvalue weighted by molar-refractivity contribution is 7.96. The Balaban J connectivity index is 1.29. The summed E-state index contributed by atoms with van der Waals surface area (Å²) in [5.41, 5.74) is 20.5. The molecule has 1 saturated heterocycles. The smallest absolute Gasteiger partial charge is 0.165 e. The Morgan fingerprint density at radius 1 is 0.929 bits per heavy atom. The number of anilines is 2. The zero-order chi connectivity index (χ0) is 28.7. The van der Waals surface area contributed by atoms with Gasteiger partial charge in [-0.15, -0.1) is 0 Å². The van der Waals surface area contributed by atoms with Crippen LogP contribution in [0.25, 0.3) is 39.5 Å². The summed E-state index contributed by atoms with van der Waals surface area (Å²) in [6, 6.07) is 25.8. The molecular weight excluding hydrogens is 540 g/mol. The van der Waals surface area contributed by atoms with Crippen LogP contribution in [0.3, 0.4) is 0 Å². The topological polar surface area (TPSA) is 111 Å². The number of hydrogen-bond acceptors (Lipinski definition) is 8. The minimum Gasteiger partial charge on any atom is -0.383 e. The molecule has 2 aliphatic rings. The van der Waals surface area contributed by atoms with E-state index in [1.807, 2.05) is 18.2 Å². The molecule has 0 radical (unpaired) electrons. The molecule has 5 N–H and O–H groups in total. The number of aromatic nitrogens is 4. The second-order valence-electron chi connectivity index (χ2n) is 11.4. The summed E-state index contributed by atoms with van der Waals surface area (Å²) in [5, 5.41) is 0. The molecule has 1 aliphatic carbocycles. The quantitative estimate of drug-likeness (QED) is 0.205. The molecule has 5 aromatic rings. The van der Waals surface area contributed by atoms with Gasteiger partial charge in [-0.3, -0.25) is 9.29 Å². The Bertz CT molecular complexity index is 1720. The molecule has 0 atom stereocenters. The zero-order valence-corrected chi connectivity index (χ0v) is 24.6. The van der Waals surface area contributed by atoms with Gasteiger partial charge in [-0.25, -0.2) is 15.0 Å². The first kappa shape index (κ1) is 26.9. The van der Waals surface area contributed by atoms with Crippen molar-refractivity contribution in [3.05, 3.63) is 84.6 Å². The molecule has 42 heavy (non-hydrogen) atoms. The summed E-state index contributed by atoms with van der Waals surface area (Å²) in [5.74, 6) is 1.15. The van der Waals surface area contributed by atoms with Crippen molar-refractivity contribution in [2.75, 3.05) is 30.0 Å². The molecule has 1 aliphatic heterocycles. The standard InChI is InChI=1S/C33H36N8S/c1-42-39-24-14-19-40(20-15-24)26-6-2-5-22(21-26)28-12-13-29-32(37-28)41(31(38-29)27-7-3-18-36-30(27)34)25-10-8-23(9-11-25)33(35)16-4-17-33/h2-3,5-13,18,21,24,39H,4,14-17,19-20,35H2,1H3,(H2,34,36). The van der Waals surface area contributed by atoms with Gasteiger partial charge in [0.15, 0.2) is 11.5 Å². The van der Waals surface area contributed by atoms with Gasteiger partial charge >= 0.3 is 0 Å². The predicted octanol–water partition coefficient (Wildman–Crippen LogP) is 5.91. The maximum Gasteiger partial charge on any atom is 0.165 e. The van der Waals surface area contributed by atoms with Gasteiger partial charge in [0, 0.05) is 47.8 Å². The number of nitrogens with two attached hydrogens (primary N) is 2. The summed E-state index contributed by atoms with van der Waals surface area (Å²) in [7, 11) is 0. The van der Waals surface area contributed by atoms with Crippen molar-refractivity contribution < 1.29 is 0 Å². The van der Waals surface area contributed by atoms with Crippen molar-refractivity contribution in [1.82, 2.24) is 24.2 Å². The van der Waals surface area contributed by atoms with Crippen molar-refractivity contribution in [2.45, 2.75) is 43.7 Å². The van der Waals surface area contributed by atoms with Gasteiger partial charge in [0.25, 0.3) is 0 Å².